The highest BCUT2D eigenvalue weighted by Crippen LogP contribution is 2.29. The average molecular weight is 337 g/mol. The van der Waals surface area contributed by atoms with E-state index in [2.05, 4.69) is 0 Å². The molecule has 0 radical (unpaired) electrons. The first kappa shape index (κ1) is 17.2. The van der Waals surface area contributed by atoms with E-state index in [0.29, 0.717) is 11.5 Å². The normalized spacial score (nSPS) is 15.1. The first-order chi connectivity index (χ1) is 12.1. The quantitative estimate of drug-likeness (QED) is 0.845. The SMILES string of the molecule is O=C(CCC(=O)N1CCC(c2ccc(O)cc2)CC1)c1ccccc1. The van der Waals surface area contributed by atoms with Crippen LogP contribution < -0.4 is 0 Å². The largest absolute Gasteiger partial charge is 0.508 e. The van der Waals surface area contributed by atoms with Gasteiger partial charge in [0.25, 0.3) is 0 Å². The van der Waals surface area contributed by atoms with Gasteiger partial charge in [0.1, 0.15) is 5.75 Å². The van der Waals surface area contributed by atoms with Gasteiger partial charge in [0.15, 0.2) is 5.78 Å². The maximum absolute atomic E-state index is 12.4. The third-order valence-corrected chi connectivity index (χ3v) is 4.87. The van der Waals surface area contributed by atoms with Gasteiger partial charge in [-0.2, -0.15) is 0 Å². The molecule has 1 N–H and O–H groups in total. The summed E-state index contributed by atoms with van der Waals surface area (Å²) >= 11 is 0. The van der Waals surface area contributed by atoms with Crippen LogP contribution in [0, 0.1) is 0 Å². The van der Waals surface area contributed by atoms with Crippen molar-refractivity contribution in [2.24, 2.45) is 0 Å². The van der Waals surface area contributed by atoms with Crippen LogP contribution in [0.3, 0.4) is 0 Å². The molecule has 4 heteroatoms. The lowest BCUT2D eigenvalue weighted by molar-refractivity contribution is -0.132. The first-order valence-electron chi connectivity index (χ1n) is 8.78. The number of ketones is 1. The Labute approximate surface area is 148 Å². The Kier molecular flexibility index (Phi) is 5.49. The number of nitrogens with zero attached hydrogens (tertiary/aromatic N) is 1. The maximum Gasteiger partial charge on any atom is 0.223 e. The zero-order valence-electron chi connectivity index (χ0n) is 14.2. The van der Waals surface area contributed by atoms with Gasteiger partial charge < -0.3 is 10.0 Å². The highest BCUT2D eigenvalue weighted by molar-refractivity contribution is 5.97. The van der Waals surface area contributed by atoms with Crippen LogP contribution in [0.25, 0.3) is 0 Å². The molecule has 0 aromatic heterocycles. The van der Waals surface area contributed by atoms with E-state index >= 15 is 0 Å². The molecular formula is C21H23NO3. The van der Waals surface area contributed by atoms with Crippen molar-refractivity contribution >= 4 is 11.7 Å². The Morgan fingerprint density at radius 1 is 0.920 bits per heavy atom. The van der Waals surface area contributed by atoms with Gasteiger partial charge in [0, 0.05) is 31.5 Å². The molecule has 2 aromatic rings. The average Bonchev–Trinajstić information content (AvgIpc) is 2.67. The summed E-state index contributed by atoms with van der Waals surface area (Å²) in [7, 11) is 0. The molecular weight excluding hydrogens is 314 g/mol. The van der Waals surface area contributed by atoms with Crippen LogP contribution in [-0.4, -0.2) is 34.8 Å². The summed E-state index contributed by atoms with van der Waals surface area (Å²) in [5, 5.41) is 9.38. The summed E-state index contributed by atoms with van der Waals surface area (Å²) in [6, 6.07) is 16.5. The van der Waals surface area contributed by atoms with Gasteiger partial charge in [0.2, 0.25) is 5.91 Å². The fourth-order valence-corrected chi connectivity index (χ4v) is 3.36. The van der Waals surface area contributed by atoms with Gasteiger partial charge in [-0.15, -0.1) is 0 Å². The molecule has 2 aromatic carbocycles. The van der Waals surface area contributed by atoms with E-state index in [1.165, 1.54) is 5.56 Å². The molecule has 1 saturated heterocycles. The van der Waals surface area contributed by atoms with Crippen molar-refractivity contribution in [3.63, 3.8) is 0 Å². The third kappa shape index (κ3) is 4.47. The van der Waals surface area contributed by atoms with Crippen molar-refractivity contribution in [3.05, 3.63) is 65.7 Å². The number of aromatic hydroxyl groups is 1. The van der Waals surface area contributed by atoms with Crippen molar-refractivity contribution in [1.82, 2.24) is 4.90 Å². The number of phenolic OH excluding ortho intramolecular Hbond substituents is 1. The summed E-state index contributed by atoms with van der Waals surface area (Å²) in [6.07, 6.45) is 2.38. The molecule has 0 spiro atoms. The minimum atomic E-state index is 0.0212. The zero-order valence-corrected chi connectivity index (χ0v) is 14.2. The molecule has 0 aliphatic carbocycles. The van der Waals surface area contributed by atoms with Crippen molar-refractivity contribution in [1.29, 1.82) is 0 Å². The van der Waals surface area contributed by atoms with Gasteiger partial charge >= 0.3 is 0 Å². The van der Waals surface area contributed by atoms with Gasteiger partial charge in [-0.25, -0.2) is 0 Å². The van der Waals surface area contributed by atoms with E-state index < -0.39 is 0 Å². The topological polar surface area (TPSA) is 57.6 Å². The van der Waals surface area contributed by atoms with Gasteiger partial charge in [0.05, 0.1) is 0 Å². The van der Waals surface area contributed by atoms with Crippen molar-refractivity contribution < 1.29 is 14.7 Å². The maximum atomic E-state index is 12.4. The number of carbonyl (C=O) groups is 2. The van der Waals surface area contributed by atoms with E-state index in [4.69, 9.17) is 0 Å². The van der Waals surface area contributed by atoms with Crippen molar-refractivity contribution in [2.75, 3.05) is 13.1 Å². The number of hydrogen-bond acceptors (Lipinski definition) is 3. The highest BCUT2D eigenvalue weighted by Gasteiger charge is 2.24. The molecule has 0 bridgehead atoms. The van der Waals surface area contributed by atoms with Crippen molar-refractivity contribution in [2.45, 2.75) is 31.6 Å². The minimum Gasteiger partial charge on any atom is -0.508 e. The second kappa shape index (κ2) is 7.97. The van der Waals surface area contributed by atoms with E-state index in [-0.39, 0.29) is 30.3 Å². The standard InChI is InChI=1S/C21H23NO3/c23-19-8-6-16(7-9-19)17-12-14-22(15-13-17)21(25)11-10-20(24)18-4-2-1-3-5-18/h1-9,17,23H,10-15H2. The molecule has 3 rings (SSSR count). The molecule has 0 saturated carbocycles. The van der Waals surface area contributed by atoms with E-state index in [0.717, 1.165) is 25.9 Å². The number of piperidine rings is 1. The molecule has 25 heavy (non-hydrogen) atoms. The minimum absolute atomic E-state index is 0.0212. The molecule has 130 valence electrons. The molecule has 0 atom stereocenters. The predicted octanol–water partition coefficient (Wildman–Crippen LogP) is 3.76. The van der Waals surface area contributed by atoms with Crippen LogP contribution in [0.2, 0.25) is 0 Å². The first-order valence-corrected chi connectivity index (χ1v) is 8.78. The van der Waals surface area contributed by atoms with Crippen LogP contribution in [-0.2, 0) is 4.79 Å². The number of likely N-dealkylation sites (tertiary alicyclic amines) is 1. The van der Waals surface area contributed by atoms with Crippen LogP contribution >= 0.6 is 0 Å². The number of hydrogen-bond donors (Lipinski definition) is 1. The predicted molar refractivity (Wildman–Crippen MR) is 96.7 cm³/mol. The van der Waals surface area contributed by atoms with Gasteiger partial charge in [-0.05, 0) is 36.5 Å². The van der Waals surface area contributed by atoms with E-state index in [1.807, 2.05) is 35.2 Å². The number of rotatable bonds is 5. The third-order valence-electron chi connectivity index (χ3n) is 4.87. The van der Waals surface area contributed by atoms with Crippen LogP contribution in [0.1, 0.15) is 47.5 Å². The molecule has 1 aliphatic rings. The lowest BCUT2D eigenvalue weighted by atomic mass is 9.89. The second-order valence-electron chi connectivity index (χ2n) is 6.54. The summed E-state index contributed by atoms with van der Waals surface area (Å²) in [6.45, 7) is 1.45. The van der Waals surface area contributed by atoms with Crippen LogP contribution in [0.15, 0.2) is 54.6 Å². The van der Waals surface area contributed by atoms with Crippen LogP contribution in [0.4, 0.5) is 0 Å². The monoisotopic (exact) mass is 337 g/mol. The Morgan fingerprint density at radius 3 is 2.20 bits per heavy atom. The lowest BCUT2D eigenvalue weighted by Crippen LogP contribution is -2.38. The Bertz CT molecular complexity index is 717. The summed E-state index contributed by atoms with van der Waals surface area (Å²) in [5.74, 6) is 0.788. The summed E-state index contributed by atoms with van der Waals surface area (Å²) in [5.41, 5.74) is 1.88. The summed E-state index contributed by atoms with van der Waals surface area (Å²) in [4.78, 5) is 26.3. The molecule has 0 unspecified atom stereocenters. The molecule has 1 heterocycles. The van der Waals surface area contributed by atoms with Crippen molar-refractivity contribution in [3.8, 4) is 5.75 Å². The highest BCUT2D eigenvalue weighted by atomic mass is 16.3. The number of Topliss-reactive ketones (excluding diaryl/α,β-unsaturated/α-hetero) is 1. The van der Waals surface area contributed by atoms with Crippen LogP contribution in [0.5, 0.6) is 5.75 Å². The number of amides is 1. The Morgan fingerprint density at radius 2 is 1.56 bits per heavy atom. The van der Waals surface area contributed by atoms with Gasteiger partial charge in [-0.3, -0.25) is 9.59 Å². The molecule has 1 aliphatic heterocycles. The van der Waals surface area contributed by atoms with E-state index in [1.54, 1.807) is 24.3 Å². The zero-order chi connectivity index (χ0) is 17.6. The summed E-state index contributed by atoms with van der Waals surface area (Å²) < 4.78 is 0. The molecule has 1 fully saturated rings. The smallest absolute Gasteiger partial charge is 0.223 e. The number of benzene rings is 2. The fraction of sp³-hybridized carbons (Fsp3) is 0.333. The fourth-order valence-electron chi connectivity index (χ4n) is 3.36. The number of carbonyl (C=O) groups excluding carboxylic acids is 2. The number of phenols is 1. The molecule has 4 nitrogen and oxygen atoms in total. The lowest BCUT2D eigenvalue weighted by Gasteiger charge is -2.32. The molecule has 1 amide bonds. The van der Waals surface area contributed by atoms with E-state index in [9.17, 15) is 14.7 Å². The Balaban J connectivity index is 1.47. The second-order valence-corrected chi connectivity index (χ2v) is 6.54. The van der Waals surface area contributed by atoms with Gasteiger partial charge in [-0.1, -0.05) is 42.5 Å². The Hall–Kier alpha value is -2.62.